The summed E-state index contributed by atoms with van der Waals surface area (Å²) >= 11 is 1.70. The lowest BCUT2D eigenvalue weighted by Gasteiger charge is -2.30. The normalized spacial score (nSPS) is 22.1. The summed E-state index contributed by atoms with van der Waals surface area (Å²) < 4.78 is 0. The van der Waals surface area contributed by atoms with E-state index in [1.54, 1.807) is 11.3 Å². The van der Waals surface area contributed by atoms with Gasteiger partial charge in [0.1, 0.15) is 10.6 Å². The lowest BCUT2D eigenvalue weighted by Crippen LogP contribution is -2.35. The van der Waals surface area contributed by atoms with E-state index in [0.29, 0.717) is 12.1 Å². The number of hydrogen-bond acceptors (Lipinski definition) is 5. The zero-order chi connectivity index (χ0) is 14.8. The molecule has 1 aliphatic heterocycles. The molecule has 0 saturated carbocycles. The van der Waals surface area contributed by atoms with Crippen molar-refractivity contribution in [3.05, 3.63) is 11.4 Å². The monoisotopic (exact) mass is 304 g/mol. The molecule has 0 amide bonds. The molecule has 2 aromatic heterocycles. The summed E-state index contributed by atoms with van der Waals surface area (Å²) in [5, 5.41) is 6.67. The average molecular weight is 304 g/mol. The predicted molar refractivity (Wildman–Crippen MR) is 91.4 cm³/mol. The Morgan fingerprint density at radius 1 is 1.33 bits per heavy atom. The fourth-order valence-electron chi connectivity index (χ4n) is 3.21. The molecule has 1 fully saturated rings. The van der Waals surface area contributed by atoms with E-state index in [4.69, 9.17) is 4.98 Å². The molecule has 1 N–H and O–H groups in total. The van der Waals surface area contributed by atoms with Crippen LogP contribution in [0.3, 0.4) is 0 Å². The molecule has 2 aromatic rings. The van der Waals surface area contributed by atoms with E-state index < -0.39 is 0 Å². The molecule has 5 heteroatoms. The topological polar surface area (TPSA) is 41.1 Å². The lowest BCUT2D eigenvalue weighted by molar-refractivity contribution is 0.623. The Balaban J connectivity index is 2.04. The van der Waals surface area contributed by atoms with Gasteiger partial charge in [-0.05, 0) is 44.1 Å². The largest absolute Gasteiger partial charge is 0.354 e. The van der Waals surface area contributed by atoms with Crippen molar-refractivity contribution < 1.29 is 0 Å². The first-order valence-corrected chi connectivity index (χ1v) is 8.90. The predicted octanol–water partition coefficient (Wildman–Crippen LogP) is 4.28. The van der Waals surface area contributed by atoms with E-state index in [9.17, 15) is 0 Å². The molecule has 2 unspecified atom stereocenters. The highest BCUT2D eigenvalue weighted by Crippen LogP contribution is 2.36. The van der Waals surface area contributed by atoms with Crippen LogP contribution in [-0.4, -0.2) is 28.6 Å². The minimum atomic E-state index is 0.562. The highest BCUT2D eigenvalue weighted by atomic mass is 32.1. The zero-order valence-corrected chi connectivity index (χ0v) is 13.9. The first kappa shape index (κ1) is 14.6. The van der Waals surface area contributed by atoms with Gasteiger partial charge in [-0.2, -0.15) is 4.98 Å². The summed E-state index contributed by atoms with van der Waals surface area (Å²) in [6.45, 7) is 7.67. The first-order chi connectivity index (χ1) is 10.2. The number of nitrogens with one attached hydrogen (secondary N) is 1. The highest BCUT2D eigenvalue weighted by Gasteiger charge is 2.32. The van der Waals surface area contributed by atoms with Crippen molar-refractivity contribution in [1.29, 1.82) is 0 Å². The molecule has 3 heterocycles. The fourth-order valence-corrected chi connectivity index (χ4v) is 3.97. The second-order valence-electron chi connectivity index (χ2n) is 5.83. The molecule has 0 aliphatic carbocycles. The molecule has 0 bridgehead atoms. The quantitative estimate of drug-likeness (QED) is 0.895. The third kappa shape index (κ3) is 2.71. The van der Waals surface area contributed by atoms with Gasteiger partial charge in [-0.25, -0.2) is 4.98 Å². The molecule has 0 radical (unpaired) electrons. The second kappa shape index (κ2) is 6.18. The van der Waals surface area contributed by atoms with Crippen LogP contribution in [-0.2, 0) is 0 Å². The van der Waals surface area contributed by atoms with Crippen molar-refractivity contribution in [3.8, 4) is 0 Å². The Kier molecular flexibility index (Phi) is 4.29. The Morgan fingerprint density at radius 2 is 2.19 bits per heavy atom. The van der Waals surface area contributed by atoms with E-state index >= 15 is 0 Å². The summed E-state index contributed by atoms with van der Waals surface area (Å²) in [6.07, 6.45) is 4.79. The number of thiophene rings is 1. The van der Waals surface area contributed by atoms with Crippen LogP contribution in [0, 0.1) is 0 Å². The molecule has 4 nitrogen and oxygen atoms in total. The number of aromatic nitrogens is 2. The Morgan fingerprint density at radius 3 is 2.95 bits per heavy atom. The third-order valence-electron chi connectivity index (χ3n) is 4.34. The summed E-state index contributed by atoms with van der Waals surface area (Å²) in [7, 11) is 0. The van der Waals surface area contributed by atoms with Gasteiger partial charge in [0.15, 0.2) is 0 Å². The summed E-state index contributed by atoms with van der Waals surface area (Å²) in [4.78, 5) is 13.1. The molecule has 0 aromatic carbocycles. The van der Waals surface area contributed by atoms with Gasteiger partial charge < -0.3 is 10.2 Å². The summed E-state index contributed by atoms with van der Waals surface area (Å²) in [5.41, 5.74) is 0. The molecule has 114 valence electrons. The van der Waals surface area contributed by atoms with Crippen LogP contribution < -0.4 is 10.2 Å². The van der Waals surface area contributed by atoms with Gasteiger partial charge >= 0.3 is 0 Å². The molecule has 3 rings (SSSR count). The van der Waals surface area contributed by atoms with Crippen molar-refractivity contribution in [1.82, 2.24) is 9.97 Å². The molecule has 2 atom stereocenters. The van der Waals surface area contributed by atoms with Crippen molar-refractivity contribution in [2.45, 2.75) is 58.5 Å². The lowest BCUT2D eigenvalue weighted by atomic mass is 10.1. The third-order valence-corrected chi connectivity index (χ3v) is 5.15. The molecule has 1 aliphatic rings. The van der Waals surface area contributed by atoms with Gasteiger partial charge in [-0.15, -0.1) is 11.3 Å². The maximum Gasteiger partial charge on any atom is 0.226 e. The van der Waals surface area contributed by atoms with Crippen LogP contribution in [0.5, 0.6) is 0 Å². The van der Waals surface area contributed by atoms with E-state index in [-0.39, 0.29) is 0 Å². The minimum absolute atomic E-state index is 0.562. The summed E-state index contributed by atoms with van der Waals surface area (Å²) in [6, 6.07) is 3.33. The van der Waals surface area contributed by atoms with Crippen LogP contribution in [0.4, 0.5) is 11.8 Å². The number of hydrogen-bond donors (Lipinski definition) is 1. The SMILES string of the molecule is CCCNc1nc(N2C(C)CCC2CC)c2ccsc2n1. The molecular formula is C16H24N4S. The number of anilines is 2. The van der Waals surface area contributed by atoms with Crippen molar-refractivity contribution in [3.63, 3.8) is 0 Å². The van der Waals surface area contributed by atoms with Crippen LogP contribution in [0.25, 0.3) is 10.2 Å². The Labute approximate surface area is 130 Å². The minimum Gasteiger partial charge on any atom is -0.354 e. The van der Waals surface area contributed by atoms with Gasteiger partial charge in [0, 0.05) is 18.6 Å². The van der Waals surface area contributed by atoms with Gasteiger partial charge in [-0.1, -0.05) is 13.8 Å². The maximum atomic E-state index is 4.85. The molecule has 21 heavy (non-hydrogen) atoms. The van der Waals surface area contributed by atoms with Gasteiger partial charge in [0.2, 0.25) is 5.95 Å². The average Bonchev–Trinajstić information content (AvgIpc) is 3.10. The zero-order valence-electron chi connectivity index (χ0n) is 13.1. The van der Waals surface area contributed by atoms with E-state index in [0.717, 1.165) is 29.6 Å². The first-order valence-electron chi connectivity index (χ1n) is 8.02. The standard InChI is InChI=1S/C16H24N4S/c1-4-9-17-16-18-14(13-8-10-21-15(13)19-16)20-11(3)6-7-12(20)5-2/h8,10-12H,4-7,9H2,1-3H3,(H,17,18,19). The number of nitrogens with zero attached hydrogens (tertiary/aromatic N) is 3. The molecule has 1 saturated heterocycles. The van der Waals surface area contributed by atoms with E-state index in [1.165, 1.54) is 24.6 Å². The van der Waals surface area contributed by atoms with Crippen molar-refractivity contribution in [2.75, 3.05) is 16.8 Å². The number of fused-ring (bicyclic) bond motifs is 1. The van der Waals surface area contributed by atoms with E-state index in [2.05, 4.69) is 47.4 Å². The molecule has 0 spiro atoms. The van der Waals surface area contributed by atoms with E-state index in [1.807, 2.05) is 0 Å². The Hall–Kier alpha value is -1.36. The highest BCUT2D eigenvalue weighted by molar-refractivity contribution is 7.16. The Bertz CT molecular complexity index is 609. The van der Waals surface area contributed by atoms with Gasteiger partial charge in [-0.3, -0.25) is 0 Å². The van der Waals surface area contributed by atoms with Gasteiger partial charge in [0.25, 0.3) is 0 Å². The smallest absolute Gasteiger partial charge is 0.226 e. The van der Waals surface area contributed by atoms with Gasteiger partial charge in [0.05, 0.1) is 5.39 Å². The van der Waals surface area contributed by atoms with Crippen molar-refractivity contribution in [2.24, 2.45) is 0 Å². The number of rotatable bonds is 5. The van der Waals surface area contributed by atoms with Crippen molar-refractivity contribution >= 4 is 33.3 Å². The molecular weight excluding hydrogens is 280 g/mol. The summed E-state index contributed by atoms with van der Waals surface area (Å²) in [5.74, 6) is 1.90. The van der Waals surface area contributed by atoms with Crippen LogP contribution in [0.2, 0.25) is 0 Å². The second-order valence-corrected chi connectivity index (χ2v) is 6.73. The fraction of sp³-hybridized carbons (Fsp3) is 0.625. The van der Waals surface area contributed by atoms with Crippen LogP contribution >= 0.6 is 11.3 Å². The van der Waals surface area contributed by atoms with Crippen LogP contribution in [0.1, 0.15) is 46.5 Å². The van der Waals surface area contributed by atoms with Crippen LogP contribution in [0.15, 0.2) is 11.4 Å². The maximum absolute atomic E-state index is 4.85.